The molecule has 0 unspecified atom stereocenters. The van der Waals surface area contributed by atoms with Crippen LogP contribution in [0.15, 0.2) is 24.3 Å². The molecule has 90 valence electrons. The highest BCUT2D eigenvalue weighted by Crippen LogP contribution is 2.26. The number of hydrogen-bond donors (Lipinski definition) is 0. The third-order valence-corrected chi connectivity index (χ3v) is 2.76. The molecule has 0 amide bonds. The molecule has 0 saturated carbocycles. The Hall–Kier alpha value is -0.980. The van der Waals surface area contributed by atoms with E-state index in [4.69, 9.17) is 4.74 Å². The highest BCUT2D eigenvalue weighted by molar-refractivity contribution is 5.29. The van der Waals surface area contributed by atoms with Crippen molar-refractivity contribution in [2.75, 3.05) is 0 Å². The summed E-state index contributed by atoms with van der Waals surface area (Å²) in [4.78, 5) is 0. The van der Waals surface area contributed by atoms with Crippen LogP contribution in [0.3, 0.4) is 0 Å². The van der Waals surface area contributed by atoms with Crippen molar-refractivity contribution < 1.29 is 4.74 Å². The summed E-state index contributed by atoms with van der Waals surface area (Å²) >= 11 is 0. The van der Waals surface area contributed by atoms with Crippen LogP contribution in [0.5, 0.6) is 5.75 Å². The van der Waals surface area contributed by atoms with Crippen molar-refractivity contribution >= 4 is 0 Å². The zero-order valence-electron chi connectivity index (χ0n) is 11.2. The lowest BCUT2D eigenvalue weighted by atomic mass is 9.94. The Labute approximate surface area is 99.8 Å². The van der Waals surface area contributed by atoms with Crippen molar-refractivity contribution in [1.29, 1.82) is 0 Å². The van der Waals surface area contributed by atoms with Gasteiger partial charge < -0.3 is 4.74 Å². The number of rotatable bonds is 4. The van der Waals surface area contributed by atoms with Gasteiger partial charge in [-0.05, 0) is 57.2 Å². The first-order chi connectivity index (χ1) is 7.46. The second kappa shape index (κ2) is 5.38. The Kier molecular flexibility index (Phi) is 4.40. The van der Waals surface area contributed by atoms with E-state index < -0.39 is 0 Å². The summed E-state index contributed by atoms with van der Waals surface area (Å²) in [5, 5.41) is 0. The molecule has 0 atom stereocenters. The fraction of sp³-hybridized carbons (Fsp3) is 0.600. The lowest BCUT2D eigenvalue weighted by Crippen LogP contribution is -2.22. The predicted octanol–water partition coefficient (Wildman–Crippen LogP) is 4.77. The van der Waals surface area contributed by atoms with E-state index in [0.717, 1.165) is 5.75 Å². The fourth-order valence-corrected chi connectivity index (χ4v) is 1.92. The van der Waals surface area contributed by atoms with Gasteiger partial charge in [0.1, 0.15) is 11.4 Å². The molecule has 1 heteroatoms. The maximum absolute atomic E-state index is 5.80. The summed E-state index contributed by atoms with van der Waals surface area (Å²) in [5.74, 6) is 1.64. The molecule has 0 aromatic heterocycles. The average Bonchev–Trinajstić information content (AvgIpc) is 2.20. The van der Waals surface area contributed by atoms with Gasteiger partial charge in [-0.2, -0.15) is 0 Å². The first-order valence-corrected chi connectivity index (χ1v) is 6.25. The largest absolute Gasteiger partial charge is 0.488 e. The van der Waals surface area contributed by atoms with Gasteiger partial charge in [-0.3, -0.25) is 0 Å². The molecule has 0 fully saturated rings. The monoisotopic (exact) mass is 220 g/mol. The van der Waals surface area contributed by atoms with E-state index >= 15 is 0 Å². The molecule has 1 rings (SSSR count). The highest BCUT2D eigenvalue weighted by Gasteiger charge is 2.12. The number of benzene rings is 1. The average molecular weight is 220 g/mol. The first kappa shape index (κ1) is 13.1. The summed E-state index contributed by atoms with van der Waals surface area (Å²) in [6.07, 6.45) is 2.41. The highest BCUT2D eigenvalue weighted by atomic mass is 16.5. The molecule has 0 bridgehead atoms. The Morgan fingerprint density at radius 1 is 1.00 bits per heavy atom. The molecule has 0 aliphatic carbocycles. The van der Waals surface area contributed by atoms with Crippen LogP contribution in [0.4, 0.5) is 0 Å². The Morgan fingerprint density at radius 2 is 1.50 bits per heavy atom. The molecular weight excluding hydrogens is 196 g/mol. The van der Waals surface area contributed by atoms with Gasteiger partial charge in [0.2, 0.25) is 0 Å². The van der Waals surface area contributed by atoms with E-state index in [1.165, 1.54) is 18.4 Å². The third kappa shape index (κ3) is 3.88. The topological polar surface area (TPSA) is 9.23 Å². The minimum atomic E-state index is -0.115. The van der Waals surface area contributed by atoms with Crippen molar-refractivity contribution in [2.45, 2.75) is 59.0 Å². The molecular formula is C15H24O. The van der Waals surface area contributed by atoms with Gasteiger partial charge in [0.25, 0.3) is 0 Å². The molecule has 0 N–H and O–H groups in total. The molecule has 0 heterocycles. The first-order valence-electron chi connectivity index (χ1n) is 6.25. The lowest BCUT2D eigenvalue weighted by molar-refractivity contribution is 0.131. The van der Waals surface area contributed by atoms with E-state index in [1.807, 2.05) is 0 Å². The van der Waals surface area contributed by atoms with Crippen molar-refractivity contribution in [3.05, 3.63) is 29.8 Å². The van der Waals surface area contributed by atoms with Gasteiger partial charge in [-0.1, -0.05) is 26.0 Å². The summed E-state index contributed by atoms with van der Waals surface area (Å²) in [6.45, 7) is 10.7. The van der Waals surface area contributed by atoms with Crippen molar-refractivity contribution in [3.63, 3.8) is 0 Å². The van der Waals surface area contributed by atoms with Gasteiger partial charge in [0, 0.05) is 0 Å². The molecule has 1 nitrogen and oxygen atoms in total. The van der Waals surface area contributed by atoms with Crippen LogP contribution in [-0.4, -0.2) is 5.60 Å². The van der Waals surface area contributed by atoms with E-state index in [2.05, 4.69) is 58.9 Å². The molecule has 0 aliphatic heterocycles. The summed E-state index contributed by atoms with van der Waals surface area (Å²) in [6, 6.07) is 8.55. The van der Waals surface area contributed by atoms with E-state index in [-0.39, 0.29) is 5.60 Å². The van der Waals surface area contributed by atoms with Gasteiger partial charge in [-0.15, -0.1) is 0 Å². The predicted molar refractivity (Wildman–Crippen MR) is 70.1 cm³/mol. The Balaban J connectivity index is 2.75. The Morgan fingerprint density at radius 3 is 1.88 bits per heavy atom. The smallest absolute Gasteiger partial charge is 0.120 e. The lowest BCUT2D eigenvalue weighted by Gasteiger charge is -2.22. The zero-order chi connectivity index (χ0) is 12.2. The van der Waals surface area contributed by atoms with Crippen molar-refractivity contribution in [3.8, 4) is 5.75 Å². The standard InChI is InChI=1S/C15H24O/c1-6-12(7-2)13-8-10-14(11-9-13)16-15(3,4)5/h8-12H,6-7H2,1-5H3. The maximum atomic E-state index is 5.80. The van der Waals surface area contributed by atoms with E-state index in [0.29, 0.717) is 5.92 Å². The molecule has 0 aliphatic rings. The van der Waals surface area contributed by atoms with Gasteiger partial charge in [0.05, 0.1) is 0 Å². The maximum Gasteiger partial charge on any atom is 0.120 e. The van der Waals surface area contributed by atoms with Crippen LogP contribution in [-0.2, 0) is 0 Å². The van der Waals surface area contributed by atoms with E-state index in [1.54, 1.807) is 0 Å². The zero-order valence-corrected chi connectivity index (χ0v) is 11.2. The van der Waals surface area contributed by atoms with Crippen LogP contribution in [0.25, 0.3) is 0 Å². The van der Waals surface area contributed by atoms with Gasteiger partial charge in [-0.25, -0.2) is 0 Å². The second-order valence-corrected chi connectivity index (χ2v) is 5.30. The molecule has 0 saturated heterocycles. The quantitative estimate of drug-likeness (QED) is 0.710. The number of ether oxygens (including phenoxy) is 1. The SMILES string of the molecule is CCC(CC)c1ccc(OC(C)(C)C)cc1. The van der Waals surface area contributed by atoms with Crippen molar-refractivity contribution in [2.24, 2.45) is 0 Å². The molecule has 0 spiro atoms. The van der Waals surface area contributed by atoms with Gasteiger partial charge in [0.15, 0.2) is 0 Å². The van der Waals surface area contributed by atoms with Crippen LogP contribution in [0, 0.1) is 0 Å². The van der Waals surface area contributed by atoms with E-state index in [9.17, 15) is 0 Å². The minimum absolute atomic E-state index is 0.115. The second-order valence-electron chi connectivity index (χ2n) is 5.30. The normalized spacial score (nSPS) is 11.9. The molecule has 1 aromatic rings. The summed E-state index contributed by atoms with van der Waals surface area (Å²) in [5.41, 5.74) is 1.31. The molecule has 16 heavy (non-hydrogen) atoms. The molecule has 1 aromatic carbocycles. The summed E-state index contributed by atoms with van der Waals surface area (Å²) < 4.78 is 5.80. The van der Waals surface area contributed by atoms with Crippen molar-refractivity contribution in [1.82, 2.24) is 0 Å². The van der Waals surface area contributed by atoms with Crippen LogP contribution in [0.1, 0.15) is 58.9 Å². The van der Waals surface area contributed by atoms with Gasteiger partial charge >= 0.3 is 0 Å². The van der Waals surface area contributed by atoms with Crippen LogP contribution < -0.4 is 4.74 Å². The number of hydrogen-bond acceptors (Lipinski definition) is 1. The Bertz CT molecular complexity index is 301. The fourth-order valence-electron chi connectivity index (χ4n) is 1.92. The summed E-state index contributed by atoms with van der Waals surface area (Å²) in [7, 11) is 0. The van der Waals surface area contributed by atoms with Crippen LogP contribution >= 0.6 is 0 Å². The van der Waals surface area contributed by atoms with Crippen LogP contribution in [0.2, 0.25) is 0 Å². The molecule has 0 radical (unpaired) electrons. The third-order valence-electron chi connectivity index (χ3n) is 2.76. The minimum Gasteiger partial charge on any atom is -0.488 e.